The molecule has 154 valence electrons. The van der Waals surface area contributed by atoms with Gasteiger partial charge in [0, 0.05) is 23.2 Å². The maximum absolute atomic E-state index is 12.6. The number of benzene rings is 2. The lowest BCUT2D eigenvalue weighted by Crippen LogP contribution is -2.28. The lowest BCUT2D eigenvalue weighted by atomic mass is 10.2. The highest BCUT2D eigenvalue weighted by molar-refractivity contribution is 9.10. The Labute approximate surface area is 176 Å². The quantitative estimate of drug-likeness (QED) is 0.611. The first-order valence-corrected chi connectivity index (χ1v) is 11.1. The summed E-state index contributed by atoms with van der Waals surface area (Å²) >= 11 is 3.19. The number of rotatable bonds is 6. The van der Waals surface area contributed by atoms with Crippen LogP contribution in [0.1, 0.15) is 23.2 Å². The summed E-state index contributed by atoms with van der Waals surface area (Å²) in [5.41, 5.74) is 0.197. The van der Waals surface area contributed by atoms with E-state index in [2.05, 4.69) is 21.2 Å². The van der Waals surface area contributed by atoms with Crippen molar-refractivity contribution < 1.29 is 27.9 Å². The first kappa shape index (κ1) is 21.3. The van der Waals surface area contributed by atoms with Gasteiger partial charge in [0.2, 0.25) is 10.0 Å². The zero-order valence-electron chi connectivity index (χ0n) is 15.3. The van der Waals surface area contributed by atoms with E-state index in [1.165, 1.54) is 34.6 Å². The van der Waals surface area contributed by atoms with E-state index in [4.69, 9.17) is 4.74 Å². The number of aromatic hydroxyl groups is 1. The van der Waals surface area contributed by atoms with Crippen LogP contribution in [-0.4, -0.2) is 49.4 Å². The fourth-order valence-corrected chi connectivity index (χ4v) is 4.81. The molecule has 0 saturated carbocycles. The summed E-state index contributed by atoms with van der Waals surface area (Å²) in [6, 6.07) is 10.2. The van der Waals surface area contributed by atoms with Gasteiger partial charge in [-0.3, -0.25) is 4.79 Å². The number of phenolic OH excluding ortho intramolecular Hbond substituents is 1. The van der Waals surface area contributed by atoms with Crippen molar-refractivity contribution in [3.8, 4) is 5.75 Å². The van der Waals surface area contributed by atoms with Gasteiger partial charge in [-0.2, -0.15) is 4.31 Å². The van der Waals surface area contributed by atoms with E-state index in [-0.39, 0.29) is 21.9 Å². The number of carbonyl (C=O) groups excluding carboxylic acids is 2. The molecule has 0 spiro atoms. The first-order chi connectivity index (χ1) is 13.8. The Balaban J connectivity index is 1.62. The minimum atomic E-state index is -3.60. The number of halogens is 1. The normalized spacial score (nSPS) is 14.5. The monoisotopic (exact) mass is 482 g/mol. The van der Waals surface area contributed by atoms with Gasteiger partial charge in [0.1, 0.15) is 11.3 Å². The molecule has 1 amide bonds. The van der Waals surface area contributed by atoms with Crippen LogP contribution >= 0.6 is 15.9 Å². The van der Waals surface area contributed by atoms with Crippen LogP contribution in [0.3, 0.4) is 0 Å². The van der Waals surface area contributed by atoms with Crippen molar-refractivity contribution in [1.29, 1.82) is 0 Å². The van der Waals surface area contributed by atoms with Gasteiger partial charge in [0.25, 0.3) is 5.91 Å². The molecule has 1 heterocycles. The van der Waals surface area contributed by atoms with Gasteiger partial charge in [0.15, 0.2) is 6.61 Å². The molecule has 0 unspecified atom stereocenters. The van der Waals surface area contributed by atoms with Crippen LogP contribution in [0.5, 0.6) is 5.75 Å². The summed E-state index contributed by atoms with van der Waals surface area (Å²) in [4.78, 5) is 24.2. The number of ether oxygens (including phenoxy) is 1. The molecule has 0 radical (unpaired) electrons. The van der Waals surface area contributed by atoms with Gasteiger partial charge in [-0.1, -0.05) is 22.0 Å². The molecule has 29 heavy (non-hydrogen) atoms. The smallest absolute Gasteiger partial charge is 0.342 e. The third-order valence-corrected chi connectivity index (χ3v) is 6.72. The maximum atomic E-state index is 12.6. The number of esters is 1. The van der Waals surface area contributed by atoms with E-state index in [0.717, 1.165) is 12.8 Å². The largest absolute Gasteiger partial charge is 0.507 e. The molecule has 3 rings (SSSR count). The van der Waals surface area contributed by atoms with Crippen molar-refractivity contribution in [2.75, 3.05) is 25.0 Å². The summed E-state index contributed by atoms with van der Waals surface area (Å²) in [6.45, 7) is 0.378. The fourth-order valence-electron chi connectivity index (χ4n) is 2.89. The Kier molecular flexibility index (Phi) is 6.56. The number of anilines is 1. The molecule has 1 aliphatic heterocycles. The third-order valence-electron chi connectivity index (χ3n) is 4.33. The molecule has 1 saturated heterocycles. The standard InChI is InChI=1S/C19H19BrN2O6S/c20-13-6-7-17(23)16(10-13)19(25)28-12-18(24)21-14-4-3-5-15(11-14)29(26,27)22-8-1-2-9-22/h3-7,10-11,23H,1-2,8-9,12H2,(H,21,24). The second kappa shape index (κ2) is 8.93. The van der Waals surface area contributed by atoms with Gasteiger partial charge in [0.05, 0.1) is 4.90 Å². The molecule has 0 aromatic heterocycles. The molecule has 10 heteroatoms. The Morgan fingerprint density at radius 3 is 2.59 bits per heavy atom. The molecule has 8 nitrogen and oxygen atoms in total. The van der Waals surface area contributed by atoms with Crippen molar-refractivity contribution >= 4 is 43.5 Å². The molecule has 0 bridgehead atoms. The minimum absolute atomic E-state index is 0.0779. The number of amides is 1. The lowest BCUT2D eigenvalue weighted by molar-refractivity contribution is -0.119. The molecular formula is C19H19BrN2O6S. The van der Waals surface area contributed by atoms with Gasteiger partial charge in [-0.25, -0.2) is 13.2 Å². The van der Waals surface area contributed by atoms with Crippen LogP contribution in [0, 0.1) is 0 Å². The highest BCUT2D eigenvalue weighted by Gasteiger charge is 2.27. The lowest BCUT2D eigenvalue weighted by Gasteiger charge is -2.16. The molecular weight excluding hydrogens is 464 g/mol. The fraction of sp³-hybridized carbons (Fsp3) is 0.263. The van der Waals surface area contributed by atoms with Gasteiger partial charge in [-0.15, -0.1) is 0 Å². The Bertz CT molecular complexity index is 1030. The highest BCUT2D eigenvalue weighted by atomic mass is 79.9. The summed E-state index contributed by atoms with van der Waals surface area (Å²) in [7, 11) is -3.60. The van der Waals surface area contributed by atoms with Crippen LogP contribution in [0.4, 0.5) is 5.69 Å². The molecule has 2 aromatic carbocycles. The van der Waals surface area contributed by atoms with Crippen LogP contribution in [0.25, 0.3) is 0 Å². The topological polar surface area (TPSA) is 113 Å². The van der Waals surface area contributed by atoms with E-state index < -0.39 is 28.5 Å². The van der Waals surface area contributed by atoms with Crippen LogP contribution in [-0.2, 0) is 19.6 Å². The molecule has 0 aliphatic carbocycles. The van der Waals surface area contributed by atoms with Gasteiger partial charge in [-0.05, 0) is 49.2 Å². The number of nitrogens with one attached hydrogen (secondary N) is 1. The molecule has 2 aromatic rings. The van der Waals surface area contributed by atoms with Crippen LogP contribution in [0.2, 0.25) is 0 Å². The highest BCUT2D eigenvalue weighted by Crippen LogP contribution is 2.24. The zero-order chi connectivity index (χ0) is 21.0. The van der Waals surface area contributed by atoms with E-state index >= 15 is 0 Å². The molecule has 0 atom stereocenters. The average molecular weight is 483 g/mol. The van der Waals surface area contributed by atoms with Crippen molar-refractivity contribution in [3.05, 3.63) is 52.5 Å². The van der Waals surface area contributed by atoms with Crippen molar-refractivity contribution in [1.82, 2.24) is 4.31 Å². The zero-order valence-corrected chi connectivity index (χ0v) is 17.7. The minimum Gasteiger partial charge on any atom is -0.507 e. The SMILES string of the molecule is O=C(COC(=O)c1cc(Br)ccc1O)Nc1cccc(S(=O)(=O)N2CCCC2)c1. The second-order valence-corrected chi connectivity index (χ2v) is 9.28. The predicted octanol–water partition coefficient (Wildman–Crippen LogP) is 2.73. The Hall–Kier alpha value is -2.43. The van der Waals surface area contributed by atoms with Crippen molar-refractivity contribution in [2.45, 2.75) is 17.7 Å². The van der Waals surface area contributed by atoms with E-state index in [1.54, 1.807) is 12.1 Å². The van der Waals surface area contributed by atoms with Crippen LogP contribution < -0.4 is 5.32 Å². The first-order valence-electron chi connectivity index (χ1n) is 8.83. The second-order valence-electron chi connectivity index (χ2n) is 6.42. The molecule has 1 fully saturated rings. The van der Waals surface area contributed by atoms with E-state index in [9.17, 15) is 23.1 Å². The van der Waals surface area contributed by atoms with E-state index in [1.807, 2.05) is 0 Å². The third kappa shape index (κ3) is 5.14. The average Bonchev–Trinajstić information content (AvgIpc) is 3.24. The number of hydrogen-bond acceptors (Lipinski definition) is 6. The van der Waals surface area contributed by atoms with Gasteiger partial charge >= 0.3 is 5.97 Å². The van der Waals surface area contributed by atoms with E-state index in [0.29, 0.717) is 17.6 Å². The number of hydrogen-bond donors (Lipinski definition) is 2. The number of carbonyl (C=O) groups is 2. The van der Waals surface area contributed by atoms with Crippen molar-refractivity contribution in [3.63, 3.8) is 0 Å². The Morgan fingerprint density at radius 2 is 1.86 bits per heavy atom. The predicted molar refractivity (Wildman–Crippen MR) is 109 cm³/mol. The summed E-state index contributed by atoms with van der Waals surface area (Å²) in [6.07, 6.45) is 1.66. The van der Waals surface area contributed by atoms with Gasteiger partial charge < -0.3 is 15.2 Å². The number of sulfonamides is 1. The molecule has 2 N–H and O–H groups in total. The molecule has 1 aliphatic rings. The Morgan fingerprint density at radius 1 is 1.14 bits per heavy atom. The summed E-state index contributed by atoms with van der Waals surface area (Å²) < 4.78 is 32.1. The summed E-state index contributed by atoms with van der Waals surface area (Å²) in [5, 5.41) is 12.2. The number of nitrogens with zero attached hydrogens (tertiary/aromatic N) is 1. The maximum Gasteiger partial charge on any atom is 0.342 e. The summed E-state index contributed by atoms with van der Waals surface area (Å²) in [5.74, 6) is -1.76. The van der Waals surface area contributed by atoms with Crippen molar-refractivity contribution in [2.24, 2.45) is 0 Å². The number of phenols is 1. The van der Waals surface area contributed by atoms with Crippen LogP contribution in [0.15, 0.2) is 51.8 Å².